The second-order valence-electron chi connectivity index (χ2n) is 6.29. The number of hydrogen-bond acceptors (Lipinski definition) is 5. The Balaban J connectivity index is 1.50. The van der Waals surface area contributed by atoms with Gasteiger partial charge in [0.2, 0.25) is 0 Å². The highest BCUT2D eigenvalue weighted by atomic mass is 32.1. The molecule has 0 aliphatic heterocycles. The average Bonchev–Trinajstić information content (AvgIpc) is 3.25. The maximum Gasteiger partial charge on any atom is 0.309 e. The van der Waals surface area contributed by atoms with Gasteiger partial charge in [-0.15, -0.1) is 11.3 Å². The van der Waals surface area contributed by atoms with Crippen LogP contribution < -0.4 is 15.4 Å². The molecular formula is C22H22N2O4S. The molecule has 0 aliphatic rings. The van der Waals surface area contributed by atoms with Gasteiger partial charge in [-0.25, -0.2) is 0 Å². The molecule has 3 aromatic rings. The number of amides is 2. The zero-order valence-electron chi connectivity index (χ0n) is 15.9. The second kappa shape index (κ2) is 9.86. The first-order valence-electron chi connectivity index (χ1n) is 9.08. The zero-order chi connectivity index (χ0) is 20.6. The van der Waals surface area contributed by atoms with Gasteiger partial charge in [-0.2, -0.15) is 0 Å². The Morgan fingerprint density at radius 3 is 2.31 bits per heavy atom. The number of hydrogen-bond donors (Lipinski definition) is 3. The van der Waals surface area contributed by atoms with Gasteiger partial charge in [0.05, 0.1) is 13.7 Å². The number of carbonyl (C=O) groups is 2. The summed E-state index contributed by atoms with van der Waals surface area (Å²) in [5.41, 5.74) is 1.59. The summed E-state index contributed by atoms with van der Waals surface area (Å²) in [7, 11) is 1.55. The number of methoxy groups -OCH3 is 1. The van der Waals surface area contributed by atoms with E-state index in [0.717, 1.165) is 20.9 Å². The Hall–Kier alpha value is -3.16. The number of ether oxygens (including phenoxy) is 1. The quantitative estimate of drug-likeness (QED) is 0.523. The van der Waals surface area contributed by atoms with Gasteiger partial charge in [0.15, 0.2) is 0 Å². The number of aliphatic hydroxyl groups excluding tert-OH is 1. The average molecular weight is 410 g/mol. The van der Waals surface area contributed by atoms with Crippen LogP contribution in [-0.2, 0) is 22.7 Å². The molecule has 0 aliphatic carbocycles. The van der Waals surface area contributed by atoms with Gasteiger partial charge in [-0.05, 0) is 23.8 Å². The Labute approximate surface area is 173 Å². The van der Waals surface area contributed by atoms with Crippen molar-refractivity contribution >= 4 is 23.2 Å². The van der Waals surface area contributed by atoms with E-state index in [1.54, 1.807) is 13.2 Å². The van der Waals surface area contributed by atoms with Crippen molar-refractivity contribution < 1.29 is 19.4 Å². The number of benzene rings is 2. The lowest BCUT2D eigenvalue weighted by Gasteiger charge is -2.09. The standard InChI is InChI=1S/C22H22N2O4S/c1-28-18-10-6-5-9-16(18)13-23-21(26)22(27)24-14-17-11-12-19(29-17)20(25)15-7-3-2-4-8-15/h2-12,20,25H,13-14H2,1H3,(H,23,26)(H,24,27)/t20-/m1/s1. The molecule has 3 rings (SSSR count). The molecule has 0 unspecified atom stereocenters. The van der Waals surface area contributed by atoms with Gasteiger partial charge < -0.3 is 20.5 Å². The van der Waals surface area contributed by atoms with Gasteiger partial charge in [0, 0.05) is 21.9 Å². The molecule has 7 heteroatoms. The fourth-order valence-corrected chi connectivity index (χ4v) is 3.76. The van der Waals surface area contributed by atoms with E-state index in [0.29, 0.717) is 5.75 Å². The van der Waals surface area contributed by atoms with Crippen LogP contribution in [-0.4, -0.2) is 24.0 Å². The summed E-state index contributed by atoms with van der Waals surface area (Å²) in [4.78, 5) is 25.7. The SMILES string of the molecule is COc1ccccc1CNC(=O)C(=O)NCc1ccc([C@H](O)c2ccccc2)s1. The van der Waals surface area contributed by atoms with Crippen LogP contribution in [0, 0.1) is 0 Å². The van der Waals surface area contributed by atoms with Crippen molar-refractivity contribution in [3.8, 4) is 5.75 Å². The highest BCUT2D eigenvalue weighted by Gasteiger charge is 2.16. The molecule has 150 valence electrons. The summed E-state index contributed by atoms with van der Waals surface area (Å²) in [5.74, 6) is -0.772. The fraction of sp³-hybridized carbons (Fsp3) is 0.182. The highest BCUT2D eigenvalue weighted by molar-refractivity contribution is 7.12. The molecule has 1 heterocycles. The van der Waals surface area contributed by atoms with Crippen molar-refractivity contribution in [1.82, 2.24) is 10.6 Å². The number of aliphatic hydroxyl groups is 1. The molecule has 0 radical (unpaired) electrons. The third kappa shape index (κ3) is 5.43. The monoisotopic (exact) mass is 410 g/mol. The Morgan fingerprint density at radius 2 is 1.59 bits per heavy atom. The number of nitrogens with one attached hydrogen (secondary N) is 2. The molecule has 0 fully saturated rings. The smallest absolute Gasteiger partial charge is 0.309 e. The van der Waals surface area contributed by atoms with Crippen LogP contribution in [0.1, 0.15) is 27.0 Å². The van der Waals surface area contributed by atoms with Crippen LogP contribution in [0.3, 0.4) is 0 Å². The molecule has 1 aromatic heterocycles. The minimum Gasteiger partial charge on any atom is -0.496 e. The van der Waals surface area contributed by atoms with E-state index < -0.39 is 17.9 Å². The van der Waals surface area contributed by atoms with Gasteiger partial charge in [-0.3, -0.25) is 9.59 Å². The molecule has 29 heavy (non-hydrogen) atoms. The van der Waals surface area contributed by atoms with Crippen molar-refractivity contribution in [3.05, 3.63) is 87.6 Å². The van der Waals surface area contributed by atoms with Gasteiger partial charge >= 0.3 is 11.8 Å². The van der Waals surface area contributed by atoms with Gasteiger partial charge in [0.1, 0.15) is 11.9 Å². The molecule has 1 atom stereocenters. The van der Waals surface area contributed by atoms with Crippen molar-refractivity contribution in [3.63, 3.8) is 0 Å². The third-order valence-electron chi connectivity index (χ3n) is 4.33. The van der Waals surface area contributed by atoms with Crippen molar-refractivity contribution in [2.24, 2.45) is 0 Å². The van der Waals surface area contributed by atoms with Crippen molar-refractivity contribution in [1.29, 1.82) is 0 Å². The van der Waals surface area contributed by atoms with E-state index in [4.69, 9.17) is 4.74 Å². The van der Waals surface area contributed by atoms with Crippen molar-refractivity contribution in [2.75, 3.05) is 7.11 Å². The minimum atomic E-state index is -0.713. The molecule has 2 amide bonds. The normalized spacial score (nSPS) is 11.5. The van der Waals surface area contributed by atoms with Crippen LogP contribution in [0.4, 0.5) is 0 Å². The lowest BCUT2D eigenvalue weighted by atomic mass is 10.1. The van der Waals surface area contributed by atoms with E-state index >= 15 is 0 Å². The molecule has 6 nitrogen and oxygen atoms in total. The van der Waals surface area contributed by atoms with Crippen LogP contribution >= 0.6 is 11.3 Å². The minimum absolute atomic E-state index is 0.197. The zero-order valence-corrected chi connectivity index (χ0v) is 16.7. The molecule has 0 saturated carbocycles. The number of carbonyl (C=O) groups excluding carboxylic acids is 2. The number of rotatable bonds is 7. The topological polar surface area (TPSA) is 87.7 Å². The summed E-state index contributed by atoms with van der Waals surface area (Å²) >= 11 is 1.39. The fourth-order valence-electron chi connectivity index (χ4n) is 2.79. The summed E-state index contributed by atoms with van der Waals surface area (Å²) < 4.78 is 5.23. The lowest BCUT2D eigenvalue weighted by Crippen LogP contribution is -2.39. The summed E-state index contributed by atoms with van der Waals surface area (Å²) in [6.07, 6.45) is -0.713. The first-order valence-corrected chi connectivity index (χ1v) is 9.89. The van der Waals surface area contributed by atoms with Crippen LogP contribution in [0.25, 0.3) is 0 Å². The van der Waals surface area contributed by atoms with E-state index in [1.807, 2.05) is 60.7 Å². The maximum atomic E-state index is 12.1. The molecule has 0 spiro atoms. The second-order valence-corrected chi connectivity index (χ2v) is 7.49. The summed E-state index contributed by atoms with van der Waals surface area (Å²) in [5, 5.41) is 15.6. The lowest BCUT2D eigenvalue weighted by molar-refractivity contribution is -0.139. The highest BCUT2D eigenvalue weighted by Crippen LogP contribution is 2.28. The Kier molecular flexibility index (Phi) is 6.99. The predicted molar refractivity (Wildman–Crippen MR) is 112 cm³/mol. The van der Waals surface area contributed by atoms with Crippen LogP contribution in [0.15, 0.2) is 66.7 Å². The largest absolute Gasteiger partial charge is 0.496 e. The molecule has 0 bridgehead atoms. The van der Waals surface area contributed by atoms with Crippen LogP contribution in [0.2, 0.25) is 0 Å². The Morgan fingerprint density at radius 1 is 0.931 bits per heavy atom. The van der Waals surface area contributed by atoms with E-state index in [-0.39, 0.29) is 13.1 Å². The molecule has 2 aromatic carbocycles. The number of para-hydroxylation sites is 1. The van der Waals surface area contributed by atoms with E-state index in [2.05, 4.69) is 10.6 Å². The van der Waals surface area contributed by atoms with Gasteiger partial charge in [-0.1, -0.05) is 48.5 Å². The molecule has 0 saturated heterocycles. The van der Waals surface area contributed by atoms with E-state index in [9.17, 15) is 14.7 Å². The summed E-state index contributed by atoms with van der Waals surface area (Å²) in [6.45, 7) is 0.412. The summed E-state index contributed by atoms with van der Waals surface area (Å²) in [6, 6.07) is 20.3. The number of thiophene rings is 1. The maximum absolute atomic E-state index is 12.1. The molecule has 3 N–H and O–H groups in total. The third-order valence-corrected chi connectivity index (χ3v) is 5.47. The predicted octanol–water partition coefficient (Wildman–Crippen LogP) is 2.77. The van der Waals surface area contributed by atoms with Gasteiger partial charge in [0.25, 0.3) is 0 Å². The Bertz CT molecular complexity index is 972. The first kappa shape index (κ1) is 20.6. The van der Waals surface area contributed by atoms with Crippen molar-refractivity contribution in [2.45, 2.75) is 19.2 Å². The molecular weight excluding hydrogens is 388 g/mol. The van der Waals surface area contributed by atoms with E-state index in [1.165, 1.54) is 11.3 Å². The van der Waals surface area contributed by atoms with Crippen LogP contribution in [0.5, 0.6) is 5.75 Å². The first-order chi connectivity index (χ1) is 14.1.